The Morgan fingerprint density at radius 2 is 1.60 bits per heavy atom. The predicted octanol–water partition coefficient (Wildman–Crippen LogP) is 6.88. The minimum absolute atomic E-state index is 0.0119. The number of amides is 1. The van der Waals surface area contributed by atoms with Gasteiger partial charge in [-0.05, 0) is 72.0 Å². The molecule has 4 aromatic rings. The highest BCUT2D eigenvalue weighted by Gasteiger charge is 2.28. The van der Waals surface area contributed by atoms with Crippen LogP contribution in [0.2, 0.25) is 0 Å². The maximum absolute atomic E-state index is 15.0. The summed E-state index contributed by atoms with van der Waals surface area (Å²) in [5.74, 6) is -1.94. The lowest BCUT2D eigenvalue weighted by atomic mass is 9.88. The van der Waals surface area contributed by atoms with Crippen LogP contribution in [0.1, 0.15) is 41.0 Å². The number of hydrogen-bond donors (Lipinski definition) is 2. The zero-order valence-electron chi connectivity index (χ0n) is 23.5. The fourth-order valence-electron chi connectivity index (χ4n) is 5.82. The molecule has 0 spiro atoms. The Balaban J connectivity index is 1.08. The molecule has 43 heavy (non-hydrogen) atoms. The van der Waals surface area contributed by atoms with Crippen molar-refractivity contribution in [3.05, 3.63) is 131 Å². The van der Waals surface area contributed by atoms with Crippen LogP contribution in [0.5, 0.6) is 0 Å². The van der Waals surface area contributed by atoms with Crippen LogP contribution in [0, 0.1) is 17.5 Å². The number of nitrogens with zero attached hydrogens (tertiary/aromatic N) is 1. The molecule has 0 unspecified atom stereocenters. The van der Waals surface area contributed by atoms with E-state index < -0.39 is 11.7 Å². The summed E-state index contributed by atoms with van der Waals surface area (Å²) in [6.45, 7) is 1.11. The van der Waals surface area contributed by atoms with E-state index in [0.29, 0.717) is 37.2 Å². The molecule has 2 atom stereocenters. The predicted molar refractivity (Wildman–Crippen MR) is 161 cm³/mol. The molecular formula is C35H32F3N3O2. The Morgan fingerprint density at radius 3 is 2.26 bits per heavy atom. The third kappa shape index (κ3) is 6.87. The van der Waals surface area contributed by atoms with Crippen molar-refractivity contribution < 1.29 is 22.7 Å². The van der Waals surface area contributed by atoms with Gasteiger partial charge >= 0.3 is 0 Å². The van der Waals surface area contributed by atoms with E-state index in [1.165, 1.54) is 35.9 Å². The molecule has 2 aliphatic heterocycles. The van der Waals surface area contributed by atoms with Crippen LogP contribution in [0.4, 0.5) is 24.5 Å². The molecule has 0 saturated carbocycles. The van der Waals surface area contributed by atoms with Gasteiger partial charge in [-0.2, -0.15) is 0 Å². The van der Waals surface area contributed by atoms with Crippen molar-refractivity contribution in [1.82, 2.24) is 5.32 Å². The molecule has 2 heterocycles. The van der Waals surface area contributed by atoms with Crippen LogP contribution in [-0.2, 0) is 22.4 Å². The van der Waals surface area contributed by atoms with Gasteiger partial charge in [-0.25, -0.2) is 13.2 Å². The fourth-order valence-corrected chi connectivity index (χ4v) is 5.82. The second-order valence-corrected chi connectivity index (χ2v) is 11.0. The van der Waals surface area contributed by atoms with E-state index in [1.54, 1.807) is 36.4 Å². The van der Waals surface area contributed by atoms with Gasteiger partial charge in [-0.1, -0.05) is 48.5 Å². The lowest BCUT2D eigenvalue weighted by molar-refractivity contribution is -0.116. The molecule has 1 fully saturated rings. The molecule has 8 heteroatoms. The van der Waals surface area contributed by atoms with E-state index in [9.17, 15) is 13.6 Å². The topological polar surface area (TPSA) is 62.7 Å². The number of morpholine rings is 1. The molecule has 0 aliphatic carbocycles. The summed E-state index contributed by atoms with van der Waals surface area (Å²) in [6.07, 6.45) is 1.67. The minimum Gasteiger partial charge on any atom is -0.375 e. The SMILES string of the molecule is O=C(CC(c1ccc(F)cc1)c1ccc(F)cc1)Nc1cccc(F)c1CC[C@@H]1CN[C@H](C2=Nc3ccccc3C2)CO1. The summed E-state index contributed by atoms with van der Waals surface area (Å²) >= 11 is 0. The third-order valence-electron chi connectivity index (χ3n) is 8.16. The summed E-state index contributed by atoms with van der Waals surface area (Å²) in [7, 11) is 0. The molecule has 220 valence electrons. The van der Waals surface area contributed by atoms with Gasteiger partial charge in [0.1, 0.15) is 17.5 Å². The van der Waals surface area contributed by atoms with Gasteiger partial charge in [-0.15, -0.1) is 0 Å². The molecule has 4 aromatic carbocycles. The first-order valence-corrected chi connectivity index (χ1v) is 14.5. The lowest BCUT2D eigenvalue weighted by Crippen LogP contribution is -2.50. The van der Waals surface area contributed by atoms with Gasteiger partial charge in [0.15, 0.2) is 0 Å². The van der Waals surface area contributed by atoms with E-state index in [2.05, 4.69) is 16.7 Å². The van der Waals surface area contributed by atoms with Crippen molar-refractivity contribution >= 4 is 23.0 Å². The Morgan fingerprint density at radius 1 is 0.907 bits per heavy atom. The van der Waals surface area contributed by atoms with E-state index in [1.807, 2.05) is 18.2 Å². The van der Waals surface area contributed by atoms with Crippen LogP contribution in [-0.4, -0.2) is 36.9 Å². The number of anilines is 1. The first-order valence-electron chi connectivity index (χ1n) is 14.5. The van der Waals surface area contributed by atoms with Crippen molar-refractivity contribution in [2.24, 2.45) is 4.99 Å². The molecule has 5 nitrogen and oxygen atoms in total. The zero-order valence-corrected chi connectivity index (χ0v) is 23.5. The van der Waals surface area contributed by atoms with E-state index in [0.717, 1.165) is 28.9 Å². The van der Waals surface area contributed by atoms with Crippen LogP contribution < -0.4 is 10.6 Å². The van der Waals surface area contributed by atoms with Crippen LogP contribution >= 0.6 is 0 Å². The maximum Gasteiger partial charge on any atom is 0.225 e. The number of fused-ring (bicyclic) bond motifs is 1. The number of ether oxygens (including phenoxy) is 1. The zero-order chi connectivity index (χ0) is 29.8. The summed E-state index contributed by atoms with van der Waals surface area (Å²) in [6, 6.07) is 24.6. The number of carbonyl (C=O) groups excluding carboxylic acids is 1. The Labute approximate surface area is 248 Å². The second-order valence-electron chi connectivity index (χ2n) is 11.0. The first kappa shape index (κ1) is 28.8. The van der Waals surface area contributed by atoms with E-state index in [4.69, 9.17) is 9.73 Å². The van der Waals surface area contributed by atoms with E-state index in [-0.39, 0.29) is 36.1 Å². The van der Waals surface area contributed by atoms with Crippen molar-refractivity contribution in [2.45, 2.75) is 43.7 Å². The molecule has 2 N–H and O–H groups in total. The lowest BCUT2D eigenvalue weighted by Gasteiger charge is -2.30. The number of para-hydroxylation sites is 1. The smallest absolute Gasteiger partial charge is 0.225 e. The van der Waals surface area contributed by atoms with Gasteiger partial charge in [0.2, 0.25) is 5.91 Å². The number of carbonyl (C=O) groups is 1. The summed E-state index contributed by atoms with van der Waals surface area (Å²) in [5, 5.41) is 6.42. The summed E-state index contributed by atoms with van der Waals surface area (Å²) in [5.41, 5.74) is 5.55. The van der Waals surface area contributed by atoms with Crippen molar-refractivity contribution in [1.29, 1.82) is 0 Å². The number of rotatable bonds is 9. The maximum atomic E-state index is 15.0. The molecular weight excluding hydrogens is 551 g/mol. The third-order valence-corrected chi connectivity index (χ3v) is 8.16. The number of aliphatic imine (C=N–C) groups is 1. The van der Waals surface area contributed by atoms with Gasteiger partial charge in [0.25, 0.3) is 0 Å². The fraction of sp³-hybridized carbons (Fsp3) is 0.257. The van der Waals surface area contributed by atoms with Crippen LogP contribution in [0.3, 0.4) is 0 Å². The van der Waals surface area contributed by atoms with E-state index >= 15 is 4.39 Å². The Hall–Kier alpha value is -4.27. The molecule has 1 amide bonds. The average Bonchev–Trinajstić information content (AvgIpc) is 3.45. The quantitative estimate of drug-likeness (QED) is 0.226. The van der Waals surface area contributed by atoms with Gasteiger partial charge in [0, 0.05) is 42.3 Å². The average molecular weight is 584 g/mol. The number of nitrogens with one attached hydrogen (secondary N) is 2. The molecule has 0 radical (unpaired) electrons. The highest BCUT2D eigenvalue weighted by atomic mass is 19.1. The van der Waals surface area contributed by atoms with Gasteiger partial charge in [0.05, 0.1) is 24.4 Å². The number of halogens is 3. The van der Waals surface area contributed by atoms with Gasteiger partial charge < -0.3 is 15.4 Å². The summed E-state index contributed by atoms with van der Waals surface area (Å²) < 4.78 is 48.4. The van der Waals surface area contributed by atoms with Crippen molar-refractivity contribution in [2.75, 3.05) is 18.5 Å². The molecule has 0 bridgehead atoms. The van der Waals surface area contributed by atoms with Gasteiger partial charge in [-0.3, -0.25) is 9.79 Å². The highest BCUT2D eigenvalue weighted by Crippen LogP contribution is 2.31. The van der Waals surface area contributed by atoms with Crippen LogP contribution in [0.15, 0.2) is 96.0 Å². The Kier molecular flexibility index (Phi) is 8.67. The molecule has 6 rings (SSSR count). The normalized spacial score (nSPS) is 17.9. The highest BCUT2D eigenvalue weighted by molar-refractivity contribution is 5.98. The van der Waals surface area contributed by atoms with Crippen molar-refractivity contribution in [3.8, 4) is 0 Å². The number of benzene rings is 4. The first-order chi connectivity index (χ1) is 20.9. The largest absolute Gasteiger partial charge is 0.375 e. The van der Waals surface area contributed by atoms with Crippen LogP contribution in [0.25, 0.3) is 0 Å². The minimum atomic E-state index is -0.440. The Bertz CT molecular complexity index is 1570. The monoisotopic (exact) mass is 583 g/mol. The standard InChI is InChI=1S/C35H32F3N3O2/c36-25-12-8-22(9-13-25)29(23-10-14-26(37)15-11-23)19-35(42)41-32-7-3-5-30(38)28(32)17-16-27-20-39-34(21-43-27)33-18-24-4-1-2-6-31(24)40-33/h1-15,27,29,34,39H,16-21H2,(H,41,42)/t27-,34+/m1/s1. The number of hydrogen-bond acceptors (Lipinski definition) is 4. The van der Waals surface area contributed by atoms with Crippen molar-refractivity contribution in [3.63, 3.8) is 0 Å². The molecule has 0 aromatic heterocycles. The molecule has 1 saturated heterocycles. The molecule has 2 aliphatic rings. The second kappa shape index (κ2) is 12.9. The summed E-state index contributed by atoms with van der Waals surface area (Å²) in [4.78, 5) is 18.1.